The van der Waals surface area contributed by atoms with Crippen LogP contribution >= 0.6 is 24.0 Å². The van der Waals surface area contributed by atoms with Crippen LogP contribution in [0.4, 0.5) is 0 Å². The molecule has 2 rings (SSSR count). The Hall–Kier alpha value is -0.830. The molecule has 0 radical (unpaired) electrons. The summed E-state index contributed by atoms with van der Waals surface area (Å²) in [5, 5.41) is 7.12. The lowest BCUT2D eigenvalue weighted by Crippen LogP contribution is -2.36. The smallest absolute Gasteiger partial charge is 0.188 e. The van der Waals surface area contributed by atoms with Crippen LogP contribution in [0.1, 0.15) is 36.8 Å². The lowest BCUT2D eigenvalue weighted by molar-refractivity contribution is 0.273. The Kier molecular flexibility index (Phi) is 8.16. The molecule has 1 fully saturated rings. The minimum Gasteiger partial charge on any atom is -0.370 e. The van der Waals surface area contributed by atoms with Gasteiger partial charge in [0.25, 0.3) is 0 Å². The summed E-state index contributed by atoms with van der Waals surface area (Å²) in [4.78, 5) is 6.94. The van der Waals surface area contributed by atoms with E-state index < -0.39 is 0 Å². The monoisotopic (exact) mass is 421 g/mol. The molecule has 6 nitrogen and oxygen atoms in total. The maximum atomic E-state index is 5.94. The number of nitrogens with one attached hydrogen (secondary N) is 1. The fourth-order valence-corrected chi connectivity index (χ4v) is 2.95. The van der Waals surface area contributed by atoms with Crippen molar-refractivity contribution in [2.45, 2.75) is 46.1 Å². The number of halogens is 1. The first-order valence-corrected chi connectivity index (χ1v) is 7.81. The lowest BCUT2D eigenvalue weighted by atomic mass is 10.1. The summed E-state index contributed by atoms with van der Waals surface area (Å²) in [6.07, 6.45) is 3.35. The van der Waals surface area contributed by atoms with Crippen molar-refractivity contribution in [2.75, 3.05) is 26.2 Å². The summed E-state index contributed by atoms with van der Waals surface area (Å²) in [6, 6.07) is 0.554. The number of aromatic nitrogens is 1. The molecule has 1 unspecified atom stereocenters. The molecule has 0 amide bonds. The molecule has 2 heterocycles. The Morgan fingerprint density at radius 1 is 1.50 bits per heavy atom. The van der Waals surface area contributed by atoms with E-state index in [1.807, 2.05) is 13.8 Å². The van der Waals surface area contributed by atoms with Crippen molar-refractivity contribution in [3.63, 3.8) is 0 Å². The number of nitrogens with two attached hydrogens (primary N) is 1. The standard InChI is InChI=1S/C15H27N5O.HI/c1-4-20-9-5-6-13(20)10-18-15(16)17-8-7-14-11(2)19-21-12(14)3;/h13H,4-10H2,1-3H3,(H3,16,17,18);1H. The molecule has 1 aromatic heterocycles. The molecule has 1 aliphatic heterocycles. The summed E-state index contributed by atoms with van der Waals surface area (Å²) in [6.45, 7) is 9.93. The molecule has 0 aromatic carbocycles. The van der Waals surface area contributed by atoms with E-state index in [0.29, 0.717) is 12.0 Å². The van der Waals surface area contributed by atoms with Crippen molar-refractivity contribution in [3.05, 3.63) is 17.0 Å². The van der Waals surface area contributed by atoms with E-state index in [1.54, 1.807) is 0 Å². The highest BCUT2D eigenvalue weighted by Gasteiger charge is 2.22. The Balaban J connectivity index is 0.00000242. The van der Waals surface area contributed by atoms with Crippen molar-refractivity contribution in [3.8, 4) is 0 Å². The number of rotatable bonds is 6. The number of likely N-dealkylation sites (N-methyl/N-ethyl adjacent to an activating group) is 1. The highest BCUT2D eigenvalue weighted by atomic mass is 127. The molecule has 1 aromatic rings. The van der Waals surface area contributed by atoms with Gasteiger partial charge in [-0.25, -0.2) is 0 Å². The molecule has 0 spiro atoms. The van der Waals surface area contributed by atoms with E-state index >= 15 is 0 Å². The van der Waals surface area contributed by atoms with Gasteiger partial charge < -0.3 is 15.6 Å². The van der Waals surface area contributed by atoms with Crippen LogP contribution in [0.15, 0.2) is 9.52 Å². The summed E-state index contributed by atoms with van der Waals surface area (Å²) in [5.74, 6) is 1.42. The largest absolute Gasteiger partial charge is 0.370 e. The molecular formula is C15H28IN5O. The van der Waals surface area contributed by atoms with Gasteiger partial charge in [-0.15, -0.1) is 24.0 Å². The van der Waals surface area contributed by atoms with E-state index in [1.165, 1.54) is 19.4 Å². The Bertz CT molecular complexity index is 469. The van der Waals surface area contributed by atoms with Crippen LogP contribution in [0.3, 0.4) is 0 Å². The van der Waals surface area contributed by atoms with E-state index in [9.17, 15) is 0 Å². The van der Waals surface area contributed by atoms with Crippen molar-refractivity contribution in [1.29, 1.82) is 0 Å². The Morgan fingerprint density at radius 3 is 2.91 bits per heavy atom. The molecule has 1 aliphatic rings. The van der Waals surface area contributed by atoms with Gasteiger partial charge in [0.1, 0.15) is 5.76 Å². The zero-order valence-electron chi connectivity index (χ0n) is 13.8. The summed E-state index contributed by atoms with van der Waals surface area (Å²) < 4.78 is 5.15. The van der Waals surface area contributed by atoms with Crippen LogP contribution in [-0.2, 0) is 6.42 Å². The van der Waals surface area contributed by atoms with E-state index in [4.69, 9.17) is 10.3 Å². The topological polar surface area (TPSA) is 79.7 Å². The SMILES string of the molecule is CCN1CCCC1CN=C(N)NCCc1c(C)noc1C.I. The third-order valence-electron chi connectivity index (χ3n) is 4.24. The maximum Gasteiger partial charge on any atom is 0.188 e. The van der Waals surface area contributed by atoms with Crippen LogP contribution in [0.5, 0.6) is 0 Å². The van der Waals surface area contributed by atoms with Crippen molar-refractivity contribution in [1.82, 2.24) is 15.4 Å². The van der Waals surface area contributed by atoms with E-state index in [0.717, 1.165) is 43.1 Å². The summed E-state index contributed by atoms with van der Waals surface area (Å²) in [5.41, 5.74) is 8.04. The normalized spacial score (nSPS) is 19.2. The van der Waals surface area contributed by atoms with Gasteiger partial charge in [0.2, 0.25) is 0 Å². The quantitative estimate of drug-likeness (QED) is 0.416. The molecular weight excluding hydrogens is 393 g/mol. The lowest BCUT2D eigenvalue weighted by Gasteiger charge is -2.20. The first kappa shape index (κ1) is 19.2. The Morgan fingerprint density at radius 2 is 2.27 bits per heavy atom. The fraction of sp³-hybridized carbons (Fsp3) is 0.733. The average molecular weight is 421 g/mol. The minimum atomic E-state index is 0. The van der Waals surface area contributed by atoms with Crippen molar-refractivity contribution < 1.29 is 4.52 Å². The number of aliphatic imine (C=N–C) groups is 1. The van der Waals surface area contributed by atoms with Crippen LogP contribution in [0.2, 0.25) is 0 Å². The molecule has 0 aliphatic carbocycles. The number of aryl methyl sites for hydroxylation is 2. The molecule has 22 heavy (non-hydrogen) atoms. The third-order valence-corrected chi connectivity index (χ3v) is 4.24. The predicted octanol–water partition coefficient (Wildman–Crippen LogP) is 1.84. The van der Waals surface area contributed by atoms with E-state index in [2.05, 4.69) is 27.3 Å². The van der Waals surface area contributed by atoms with Gasteiger partial charge in [-0.2, -0.15) is 0 Å². The number of hydrogen-bond acceptors (Lipinski definition) is 4. The number of nitrogens with zero attached hydrogens (tertiary/aromatic N) is 3. The van der Waals surface area contributed by atoms with Crippen LogP contribution < -0.4 is 11.1 Å². The zero-order chi connectivity index (χ0) is 15.2. The van der Waals surface area contributed by atoms with Crippen LogP contribution in [0, 0.1) is 13.8 Å². The van der Waals surface area contributed by atoms with E-state index in [-0.39, 0.29) is 24.0 Å². The predicted molar refractivity (Wildman–Crippen MR) is 99.9 cm³/mol. The van der Waals surface area contributed by atoms with Gasteiger partial charge in [-0.3, -0.25) is 9.89 Å². The number of hydrogen-bond donors (Lipinski definition) is 2. The summed E-state index contributed by atoms with van der Waals surface area (Å²) in [7, 11) is 0. The maximum absolute atomic E-state index is 5.94. The number of guanidine groups is 1. The first-order valence-electron chi connectivity index (χ1n) is 7.81. The molecule has 3 N–H and O–H groups in total. The van der Waals surface area contributed by atoms with Gasteiger partial charge in [-0.05, 0) is 46.2 Å². The molecule has 126 valence electrons. The molecule has 1 saturated heterocycles. The van der Waals surface area contributed by atoms with Gasteiger partial charge in [0.05, 0.1) is 12.2 Å². The first-order chi connectivity index (χ1) is 10.1. The highest BCUT2D eigenvalue weighted by Crippen LogP contribution is 2.16. The molecule has 1 atom stereocenters. The number of likely N-dealkylation sites (tertiary alicyclic amines) is 1. The highest BCUT2D eigenvalue weighted by molar-refractivity contribution is 14.0. The van der Waals surface area contributed by atoms with Crippen molar-refractivity contribution in [2.24, 2.45) is 10.7 Å². The zero-order valence-corrected chi connectivity index (χ0v) is 16.1. The fourth-order valence-electron chi connectivity index (χ4n) is 2.95. The second-order valence-electron chi connectivity index (χ2n) is 5.63. The molecule has 0 bridgehead atoms. The second kappa shape index (κ2) is 9.34. The second-order valence-corrected chi connectivity index (χ2v) is 5.63. The third kappa shape index (κ3) is 5.12. The average Bonchev–Trinajstić information content (AvgIpc) is 3.05. The van der Waals surface area contributed by atoms with Gasteiger partial charge >= 0.3 is 0 Å². The van der Waals surface area contributed by atoms with Gasteiger partial charge in [0.15, 0.2) is 5.96 Å². The van der Waals surface area contributed by atoms with Crippen LogP contribution in [-0.4, -0.2) is 48.2 Å². The van der Waals surface area contributed by atoms with Gasteiger partial charge in [0, 0.05) is 18.2 Å². The molecule has 0 saturated carbocycles. The van der Waals surface area contributed by atoms with Crippen LogP contribution in [0.25, 0.3) is 0 Å². The minimum absolute atomic E-state index is 0. The molecule has 7 heteroatoms. The van der Waals surface area contributed by atoms with Gasteiger partial charge in [-0.1, -0.05) is 12.1 Å². The van der Waals surface area contributed by atoms with Crippen molar-refractivity contribution >= 4 is 29.9 Å². The Labute approximate surface area is 149 Å². The summed E-state index contributed by atoms with van der Waals surface area (Å²) >= 11 is 0.